The van der Waals surface area contributed by atoms with Gasteiger partial charge >= 0.3 is 0 Å². The zero-order valence-corrected chi connectivity index (χ0v) is 8.75. The van der Waals surface area contributed by atoms with Gasteiger partial charge in [0.15, 0.2) is 0 Å². The van der Waals surface area contributed by atoms with Crippen molar-refractivity contribution >= 4 is 5.91 Å². The summed E-state index contributed by atoms with van der Waals surface area (Å²) in [4.78, 5) is 13.7. The molecule has 0 aromatic heterocycles. The number of carbonyl (C=O) groups excluding carboxylic acids is 1. The predicted molar refractivity (Wildman–Crippen MR) is 56.7 cm³/mol. The van der Waals surface area contributed by atoms with Crippen molar-refractivity contribution in [2.24, 2.45) is 5.92 Å². The van der Waals surface area contributed by atoms with Gasteiger partial charge in [-0.25, -0.2) is 0 Å². The molecule has 0 radical (unpaired) electrons. The van der Waals surface area contributed by atoms with Crippen LogP contribution >= 0.6 is 0 Å². The quantitative estimate of drug-likeness (QED) is 0.662. The van der Waals surface area contributed by atoms with Crippen LogP contribution < -0.4 is 5.32 Å². The average molecular weight is 194 g/mol. The summed E-state index contributed by atoms with van der Waals surface area (Å²) in [6.07, 6.45) is 7.94. The van der Waals surface area contributed by atoms with E-state index in [0.29, 0.717) is 0 Å². The van der Waals surface area contributed by atoms with E-state index in [4.69, 9.17) is 6.42 Å². The molecule has 0 aromatic rings. The zero-order chi connectivity index (χ0) is 10.4. The molecule has 0 unspecified atom stereocenters. The molecule has 0 atom stereocenters. The Morgan fingerprint density at radius 2 is 2.21 bits per heavy atom. The molecule has 0 bridgehead atoms. The number of terminal acetylenes is 1. The predicted octanol–water partition coefficient (Wildman–Crippen LogP) is 0.468. The SMILES string of the molecule is C#CCCN1CCC(C(=O)NC)CC1. The Morgan fingerprint density at radius 3 is 2.71 bits per heavy atom. The fourth-order valence-electron chi connectivity index (χ4n) is 1.85. The van der Waals surface area contributed by atoms with Gasteiger partial charge in [0.05, 0.1) is 0 Å². The minimum atomic E-state index is 0.182. The lowest BCUT2D eigenvalue weighted by atomic mass is 9.96. The van der Waals surface area contributed by atoms with Crippen LogP contribution in [0.2, 0.25) is 0 Å². The summed E-state index contributed by atoms with van der Waals surface area (Å²) in [7, 11) is 1.70. The molecule has 1 saturated heterocycles. The van der Waals surface area contributed by atoms with E-state index in [1.807, 2.05) is 0 Å². The molecule has 1 rings (SSSR count). The first-order valence-electron chi connectivity index (χ1n) is 5.15. The van der Waals surface area contributed by atoms with Crippen molar-refractivity contribution in [1.82, 2.24) is 10.2 Å². The van der Waals surface area contributed by atoms with Gasteiger partial charge in [0.25, 0.3) is 0 Å². The maximum absolute atomic E-state index is 11.3. The zero-order valence-electron chi connectivity index (χ0n) is 8.75. The van der Waals surface area contributed by atoms with Crippen molar-refractivity contribution in [3.8, 4) is 12.3 Å². The maximum atomic E-state index is 11.3. The highest BCUT2D eigenvalue weighted by Gasteiger charge is 2.23. The minimum Gasteiger partial charge on any atom is -0.359 e. The second kappa shape index (κ2) is 5.66. The Bertz CT molecular complexity index is 224. The van der Waals surface area contributed by atoms with Gasteiger partial charge in [-0.3, -0.25) is 4.79 Å². The van der Waals surface area contributed by atoms with E-state index in [2.05, 4.69) is 16.1 Å². The Labute approximate surface area is 85.9 Å². The van der Waals surface area contributed by atoms with Gasteiger partial charge in [-0.2, -0.15) is 0 Å². The van der Waals surface area contributed by atoms with Crippen LogP contribution in [0, 0.1) is 18.3 Å². The van der Waals surface area contributed by atoms with Crippen molar-refractivity contribution in [3.05, 3.63) is 0 Å². The fourth-order valence-corrected chi connectivity index (χ4v) is 1.85. The highest BCUT2D eigenvalue weighted by atomic mass is 16.1. The Kier molecular flexibility index (Phi) is 4.48. The molecular weight excluding hydrogens is 176 g/mol. The highest BCUT2D eigenvalue weighted by molar-refractivity contribution is 5.78. The smallest absolute Gasteiger partial charge is 0.222 e. The van der Waals surface area contributed by atoms with Gasteiger partial charge in [-0.05, 0) is 25.9 Å². The standard InChI is InChI=1S/C11H18N2O/c1-3-4-7-13-8-5-10(6-9-13)11(14)12-2/h1,10H,4-9H2,2H3,(H,12,14). The molecule has 78 valence electrons. The topological polar surface area (TPSA) is 32.3 Å². The van der Waals surface area contributed by atoms with Gasteiger partial charge in [0, 0.05) is 25.9 Å². The van der Waals surface area contributed by atoms with Gasteiger partial charge < -0.3 is 10.2 Å². The van der Waals surface area contributed by atoms with Crippen molar-refractivity contribution in [2.45, 2.75) is 19.3 Å². The van der Waals surface area contributed by atoms with Gasteiger partial charge in [-0.15, -0.1) is 12.3 Å². The fraction of sp³-hybridized carbons (Fsp3) is 0.727. The third-order valence-corrected chi connectivity index (χ3v) is 2.78. The molecule has 1 amide bonds. The number of rotatable bonds is 3. The highest BCUT2D eigenvalue weighted by Crippen LogP contribution is 2.16. The number of likely N-dealkylation sites (tertiary alicyclic amines) is 1. The summed E-state index contributed by atoms with van der Waals surface area (Å²) in [5.74, 6) is 3.03. The first-order valence-corrected chi connectivity index (χ1v) is 5.15. The summed E-state index contributed by atoms with van der Waals surface area (Å²) in [6, 6.07) is 0. The molecule has 1 aliphatic rings. The third-order valence-electron chi connectivity index (χ3n) is 2.78. The lowest BCUT2D eigenvalue weighted by Crippen LogP contribution is -2.39. The third kappa shape index (κ3) is 3.04. The summed E-state index contributed by atoms with van der Waals surface area (Å²) >= 11 is 0. The molecule has 1 fully saturated rings. The lowest BCUT2D eigenvalue weighted by molar-refractivity contribution is -0.125. The molecular formula is C11H18N2O. The number of amides is 1. The molecule has 1 aliphatic heterocycles. The van der Waals surface area contributed by atoms with Crippen molar-refractivity contribution in [2.75, 3.05) is 26.7 Å². The number of carbonyl (C=O) groups is 1. The van der Waals surface area contributed by atoms with E-state index in [1.165, 1.54) is 0 Å². The first-order chi connectivity index (χ1) is 6.77. The molecule has 0 aromatic carbocycles. The second-order valence-electron chi connectivity index (χ2n) is 3.68. The largest absolute Gasteiger partial charge is 0.359 e. The normalized spacial score (nSPS) is 18.9. The van der Waals surface area contributed by atoms with E-state index in [9.17, 15) is 4.79 Å². The minimum absolute atomic E-state index is 0.182. The molecule has 3 heteroatoms. The van der Waals surface area contributed by atoms with Crippen molar-refractivity contribution < 1.29 is 4.79 Å². The summed E-state index contributed by atoms with van der Waals surface area (Å²) in [5, 5.41) is 2.70. The molecule has 0 spiro atoms. The van der Waals surface area contributed by atoms with Crippen LogP contribution in [0.5, 0.6) is 0 Å². The van der Waals surface area contributed by atoms with Crippen LogP contribution in [0.15, 0.2) is 0 Å². The monoisotopic (exact) mass is 194 g/mol. The van der Waals surface area contributed by atoms with Gasteiger partial charge in [0.1, 0.15) is 0 Å². The summed E-state index contributed by atoms with van der Waals surface area (Å²) < 4.78 is 0. The van der Waals surface area contributed by atoms with Crippen molar-refractivity contribution in [3.63, 3.8) is 0 Å². The van der Waals surface area contributed by atoms with E-state index in [0.717, 1.165) is 38.9 Å². The molecule has 1 N–H and O–H groups in total. The van der Waals surface area contributed by atoms with Crippen LogP contribution in [0.4, 0.5) is 0 Å². The summed E-state index contributed by atoms with van der Waals surface area (Å²) in [6.45, 7) is 2.97. The Morgan fingerprint density at radius 1 is 1.57 bits per heavy atom. The average Bonchev–Trinajstić information content (AvgIpc) is 2.26. The molecule has 14 heavy (non-hydrogen) atoms. The van der Waals surface area contributed by atoms with E-state index in [-0.39, 0.29) is 11.8 Å². The molecule has 0 aliphatic carbocycles. The maximum Gasteiger partial charge on any atom is 0.222 e. The molecule has 1 heterocycles. The van der Waals surface area contributed by atoms with Crippen LogP contribution in [-0.4, -0.2) is 37.5 Å². The lowest BCUT2D eigenvalue weighted by Gasteiger charge is -2.30. The summed E-state index contributed by atoms with van der Waals surface area (Å²) in [5.41, 5.74) is 0. The first kappa shape index (κ1) is 11.1. The number of hydrogen-bond acceptors (Lipinski definition) is 2. The molecule has 0 saturated carbocycles. The second-order valence-corrected chi connectivity index (χ2v) is 3.68. The number of nitrogens with zero attached hydrogens (tertiary/aromatic N) is 1. The van der Waals surface area contributed by atoms with E-state index in [1.54, 1.807) is 7.05 Å². The van der Waals surface area contributed by atoms with E-state index < -0.39 is 0 Å². The Hall–Kier alpha value is -1.01. The Balaban J connectivity index is 2.25. The number of nitrogens with one attached hydrogen (secondary N) is 1. The van der Waals surface area contributed by atoms with Crippen LogP contribution in [0.25, 0.3) is 0 Å². The number of piperidine rings is 1. The van der Waals surface area contributed by atoms with Crippen LogP contribution in [-0.2, 0) is 4.79 Å². The van der Waals surface area contributed by atoms with Gasteiger partial charge in [-0.1, -0.05) is 0 Å². The number of hydrogen-bond donors (Lipinski definition) is 1. The van der Waals surface area contributed by atoms with Crippen molar-refractivity contribution in [1.29, 1.82) is 0 Å². The van der Waals surface area contributed by atoms with Crippen LogP contribution in [0.1, 0.15) is 19.3 Å². The van der Waals surface area contributed by atoms with Gasteiger partial charge in [0.2, 0.25) is 5.91 Å². The van der Waals surface area contributed by atoms with Crippen LogP contribution in [0.3, 0.4) is 0 Å². The molecule has 3 nitrogen and oxygen atoms in total. The van der Waals surface area contributed by atoms with E-state index >= 15 is 0 Å².